The number of carbonyl (C=O) groups excluding carboxylic acids is 1. The Labute approximate surface area is 87.6 Å². The zero-order chi connectivity index (χ0) is 11.9. The van der Waals surface area contributed by atoms with E-state index in [1.54, 1.807) is 0 Å². The molecule has 0 rings (SSSR count). The van der Waals surface area contributed by atoms with Gasteiger partial charge in [-0.15, -0.1) is 0 Å². The molecule has 14 heavy (non-hydrogen) atoms. The number of hydrogen-bond acceptors (Lipinski definition) is 3. The standard InChI is InChI=1S/C9H24O3P2/c1-13(2,3,4)11-9(10)12-14(5,6,7)8/h1-8H3. The van der Waals surface area contributed by atoms with Gasteiger partial charge in [-0.3, -0.25) is 0 Å². The van der Waals surface area contributed by atoms with E-state index >= 15 is 0 Å². The Balaban J connectivity index is 4.44. The predicted molar refractivity (Wildman–Crippen MR) is 68.8 cm³/mol. The van der Waals surface area contributed by atoms with Gasteiger partial charge in [0, 0.05) is 0 Å². The molecule has 0 aromatic carbocycles. The van der Waals surface area contributed by atoms with Gasteiger partial charge in [0.05, 0.1) is 0 Å². The average Bonchev–Trinajstić information content (AvgIpc) is 1.41. The molecule has 0 aliphatic heterocycles. The summed E-state index contributed by atoms with van der Waals surface area (Å²) >= 11 is 0. The Morgan fingerprint density at radius 2 is 0.929 bits per heavy atom. The molecule has 0 fully saturated rings. The number of carbonyl (C=O) groups is 1. The topological polar surface area (TPSA) is 35.5 Å². The minimum absolute atomic E-state index is 0.523. The molecule has 0 amide bonds. The van der Waals surface area contributed by atoms with Crippen molar-refractivity contribution in [2.24, 2.45) is 0 Å². The van der Waals surface area contributed by atoms with Crippen LogP contribution in [-0.4, -0.2) is 59.5 Å². The van der Waals surface area contributed by atoms with Crippen molar-refractivity contribution in [1.82, 2.24) is 0 Å². The second-order valence-corrected chi connectivity index (χ2v) is 21.3. The Morgan fingerprint density at radius 1 is 0.714 bits per heavy atom. The van der Waals surface area contributed by atoms with Crippen molar-refractivity contribution in [3.05, 3.63) is 0 Å². The van der Waals surface area contributed by atoms with Gasteiger partial charge in [-0.05, 0) is 0 Å². The van der Waals surface area contributed by atoms with Gasteiger partial charge in [-0.25, -0.2) is 0 Å². The van der Waals surface area contributed by atoms with E-state index in [0.717, 1.165) is 0 Å². The third-order valence-corrected chi connectivity index (χ3v) is 2.64. The first kappa shape index (κ1) is 14.1. The second-order valence-electron chi connectivity index (χ2n) is 7.26. The molecule has 0 atom stereocenters. The molecule has 0 aromatic rings. The van der Waals surface area contributed by atoms with E-state index in [2.05, 4.69) is 0 Å². The van der Waals surface area contributed by atoms with E-state index in [0.29, 0.717) is 0 Å². The average molecular weight is 242 g/mol. The zero-order valence-corrected chi connectivity index (χ0v) is 12.4. The molecule has 0 radical (unpaired) electrons. The van der Waals surface area contributed by atoms with Gasteiger partial charge in [0.2, 0.25) is 0 Å². The Morgan fingerprint density at radius 3 is 1.07 bits per heavy atom. The summed E-state index contributed by atoms with van der Waals surface area (Å²) in [5.41, 5.74) is 0. The molecule has 0 aliphatic rings. The van der Waals surface area contributed by atoms with Crippen LogP contribution in [0.3, 0.4) is 0 Å². The van der Waals surface area contributed by atoms with Crippen LogP contribution in [0.15, 0.2) is 0 Å². The monoisotopic (exact) mass is 242 g/mol. The van der Waals surface area contributed by atoms with E-state index in [9.17, 15) is 4.79 Å². The molecule has 0 unspecified atom stereocenters. The van der Waals surface area contributed by atoms with Crippen molar-refractivity contribution in [2.45, 2.75) is 0 Å². The predicted octanol–water partition coefficient (Wildman–Crippen LogP) is 3.11. The van der Waals surface area contributed by atoms with Gasteiger partial charge >= 0.3 is 87.0 Å². The van der Waals surface area contributed by atoms with Crippen molar-refractivity contribution >= 4 is 19.8 Å². The van der Waals surface area contributed by atoms with Crippen molar-refractivity contribution in [2.75, 3.05) is 53.3 Å². The third-order valence-electron chi connectivity index (χ3n) is 0.879. The summed E-state index contributed by atoms with van der Waals surface area (Å²) in [5, 5.41) is 0. The molecule has 0 spiro atoms. The minimum atomic E-state index is -2.26. The molecule has 0 aromatic heterocycles. The van der Waals surface area contributed by atoms with Gasteiger partial charge in [0.25, 0.3) is 0 Å². The summed E-state index contributed by atoms with van der Waals surface area (Å²) in [5.74, 6) is 0. The molecule has 3 nitrogen and oxygen atoms in total. The molecule has 0 saturated heterocycles. The fourth-order valence-corrected chi connectivity index (χ4v) is 1.94. The Kier molecular flexibility index (Phi) is 3.09. The molecule has 0 aliphatic carbocycles. The molecule has 0 N–H and O–H groups in total. The molecular weight excluding hydrogens is 218 g/mol. The summed E-state index contributed by atoms with van der Waals surface area (Å²) in [6.07, 6.45) is -0.523. The molecule has 0 saturated carbocycles. The van der Waals surface area contributed by atoms with Gasteiger partial charge in [-0.2, -0.15) is 0 Å². The first-order valence-electron chi connectivity index (χ1n) is 4.56. The molecular formula is C9H24O3P2. The van der Waals surface area contributed by atoms with Gasteiger partial charge in [0.15, 0.2) is 0 Å². The van der Waals surface area contributed by atoms with Crippen molar-refractivity contribution < 1.29 is 13.8 Å². The van der Waals surface area contributed by atoms with Crippen molar-refractivity contribution in [3.8, 4) is 0 Å². The normalized spacial score (nSPS) is 18.6. The Hall–Kier alpha value is 0.130. The first-order valence-corrected chi connectivity index (χ1v) is 12.4. The quantitative estimate of drug-likeness (QED) is 0.698. The van der Waals surface area contributed by atoms with Crippen LogP contribution in [0.25, 0.3) is 0 Å². The fourth-order valence-electron chi connectivity index (χ4n) is 0.613. The van der Waals surface area contributed by atoms with Crippen LogP contribution in [0.2, 0.25) is 0 Å². The maximum atomic E-state index is 11.5. The van der Waals surface area contributed by atoms with E-state index in [4.69, 9.17) is 9.05 Å². The molecule has 0 heterocycles. The summed E-state index contributed by atoms with van der Waals surface area (Å²) in [6.45, 7) is 11.2. The molecule has 5 heteroatoms. The van der Waals surface area contributed by atoms with Crippen LogP contribution in [0.5, 0.6) is 0 Å². The fraction of sp³-hybridized carbons (Fsp3) is 0.889. The van der Waals surface area contributed by atoms with E-state index in [1.807, 2.05) is 53.3 Å². The van der Waals surface area contributed by atoms with E-state index in [1.165, 1.54) is 0 Å². The van der Waals surface area contributed by atoms with Crippen LogP contribution in [0.4, 0.5) is 4.79 Å². The van der Waals surface area contributed by atoms with Gasteiger partial charge in [0.1, 0.15) is 0 Å². The van der Waals surface area contributed by atoms with Crippen LogP contribution >= 0.6 is 13.7 Å². The first-order chi connectivity index (χ1) is 5.60. The maximum absolute atomic E-state index is 11.5. The van der Waals surface area contributed by atoms with Crippen LogP contribution in [0, 0.1) is 0 Å². The summed E-state index contributed by atoms with van der Waals surface area (Å²) < 4.78 is 10.7. The van der Waals surface area contributed by atoms with Crippen molar-refractivity contribution in [1.29, 1.82) is 0 Å². The molecule has 88 valence electrons. The van der Waals surface area contributed by atoms with Crippen molar-refractivity contribution in [3.63, 3.8) is 0 Å². The van der Waals surface area contributed by atoms with E-state index < -0.39 is 19.8 Å². The Bertz CT molecular complexity index is 210. The summed E-state index contributed by atoms with van der Waals surface area (Å²) in [4.78, 5) is 11.5. The third kappa shape index (κ3) is 10.2. The van der Waals surface area contributed by atoms with Gasteiger partial charge in [-0.1, -0.05) is 0 Å². The summed E-state index contributed by atoms with van der Waals surface area (Å²) in [7, 11) is 0. The van der Waals surface area contributed by atoms with Crippen LogP contribution < -0.4 is 0 Å². The van der Waals surface area contributed by atoms with Crippen LogP contribution in [0.1, 0.15) is 0 Å². The molecule has 0 bridgehead atoms. The van der Waals surface area contributed by atoms with Crippen LogP contribution in [-0.2, 0) is 9.05 Å². The van der Waals surface area contributed by atoms with E-state index in [-0.39, 0.29) is 0 Å². The number of rotatable bonds is 2. The number of hydrogen-bond donors (Lipinski definition) is 0. The summed E-state index contributed by atoms with van der Waals surface area (Å²) in [6, 6.07) is 0. The SMILES string of the molecule is CP(C)(C)(C)OC(=O)OP(C)(C)(C)C. The van der Waals surface area contributed by atoms with Gasteiger partial charge < -0.3 is 0 Å². The second kappa shape index (κ2) is 3.06. The zero-order valence-electron chi connectivity index (χ0n) is 10.6.